The number of nitrogens with one attached hydrogen (secondary N) is 1. The molecule has 39 heavy (non-hydrogen) atoms. The highest BCUT2D eigenvalue weighted by molar-refractivity contribution is 6.30. The van der Waals surface area contributed by atoms with Gasteiger partial charge in [-0.1, -0.05) is 35.9 Å². The van der Waals surface area contributed by atoms with E-state index in [1.54, 1.807) is 24.1 Å². The molecule has 3 aromatic carbocycles. The number of halogens is 1. The van der Waals surface area contributed by atoms with Crippen LogP contribution in [-0.4, -0.2) is 46.8 Å². The minimum absolute atomic E-state index is 0.102. The monoisotopic (exact) mass is 552 g/mol. The summed E-state index contributed by atoms with van der Waals surface area (Å²) in [6, 6.07) is 17.9. The molecule has 1 N–H and O–H groups in total. The van der Waals surface area contributed by atoms with Crippen molar-refractivity contribution in [3.63, 3.8) is 0 Å². The van der Waals surface area contributed by atoms with E-state index in [9.17, 15) is 9.59 Å². The van der Waals surface area contributed by atoms with Gasteiger partial charge in [-0.3, -0.25) is 9.59 Å². The quantitative estimate of drug-likeness (QED) is 0.371. The van der Waals surface area contributed by atoms with Crippen molar-refractivity contribution in [3.05, 3.63) is 76.8 Å². The zero-order chi connectivity index (χ0) is 27.9. The van der Waals surface area contributed by atoms with Gasteiger partial charge in [0.2, 0.25) is 17.6 Å². The minimum Gasteiger partial charge on any atom is -0.497 e. The molecule has 0 radical (unpaired) electrons. The molecule has 2 amide bonds. The summed E-state index contributed by atoms with van der Waals surface area (Å²) in [6.07, 6.45) is 1.31. The summed E-state index contributed by atoms with van der Waals surface area (Å²) in [6.45, 7) is 0.463. The number of carbonyl (C=O) groups is 2. The average Bonchev–Trinajstić information content (AvgIpc) is 2.97. The number of anilines is 1. The SMILES string of the molecule is COc1ccc([C@H]2[C@@H](C(=O)NCCc3ccc(Cl)cc3)CCC(=O)N2c2cc(OC)c(OC)c(OC)c2)cc1. The second-order valence-electron chi connectivity index (χ2n) is 9.18. The molecule has 0 saturated carbocycles. The zero-order valence-electron chi connectivity index (χ0n) is 22.5. The number of hydrogen-bond donors (Lipinski definition) is 1. The lowest BCUT2D eigenvalue weighted by Gasteiger charge is -2.41. The summed E-state index contributed by atoms with van der Waals surface area (Å²) in [5.74, 6) is 1.24. The number of carbonyl (C=O) groups excluding carboxylic acids is 2. The van der Waals surface area contributed by atoms with Crippen LogP contribution in [0.25, 0.3) is 0 Å². The normalized spacial score (nSPS) is 16.9. The molecule has 2 atom stereocenters. The fourth-order valence-corrected chi connectivity index (χ4v) is 5.10. The molecule has 1 heterocycles. The molecular weight excluding hydrogens is 520 g/mol. The summed E-state index contributed by atoms with van der Waals surface area (Å²) in [4.78, 5) is 28.8. The first-order chi connectivity index (χ1) is 18.9. The summed E-state index contributed by atoms with van der Waals surface area (Å²) < 4.78 is 21.9. The van der Waals surface area contributed by atoms with Crippen LogP contribution >= 0.6 is 11.6 Å². The number of amides is 2. The Morgan fingerprint density at radius 1 is 0.923 bits per heavy atom. The summed E-state index contributed by atoms with van der Waals surface area (Å²) in [5.41, 5.74) is 2.44. The smallest absolute Gasteiger partial charge is 0.227 e. The van der Waals surface area contributed by atoms with E-state index in [0.717, 1.165) is 11.1 Å². The maximum absolute atomic E-state index is 13.6. The first-order valence-electron chi connectivity index (χ1n) is 12.7. The molecule has 0 bridgehead atoms. The standard InChI is InChI=1S/C30H33ClN2O6/c1-36-23-11-7-20(8-12-23)28-24(30(35)32-16-15-19-5-9-21(31)10-6-19)13-14-27(34)33(28)22-17-25(37-2)29(39-4)26(18-22)38-3/h5-12,17-18,24,28H,13-16H2,1-4H3,(H,32,35)/t24-,28-/m0/s1. The lowest BCUT2D eigenvalue weighted by molar-refractivity contribution is -0.129. The van der Waals surface area contributed by atoms with Crippen molar-refractivity contribution in [3.8, 4) is 23.0 Å². The molecule has 1 aliphatic heterocycles. The first-order valence-corrected chi connectivity index (χ1v) is 13.1. The maximum Gasteiger partial charge on any atom is 0.227 e. The van der Waals surface area contributed by atoms with E-state index >= 15 is 0 Å². The lowest BCUT2D eigenvalue weighted by atomic mass is 9.83. The van der Waals surface area contributed by atoms with E-state index in [2.05, 4.69) is 5.32 Å². The van der Waals surface area contributed by atoms with Crippen LogP contribution in [0.3, 0.4) is 0 Å². The molecule has 206 valence electrons. The van der Waals surface area contributed by atoms with Crippen LogP contribution < -0.4 is 29.2 Å². The molecule has 1 aliphatic rings. The van der Waals surface area contributed by atoms with E-state index in [4.69, 9.17) is 30.5 Å². The van der Waals surface area contributed by atoms with Crippen LogP contribution in [0.2, 0.25) is 5.02 Å². The molecule has 1 fully saturated rings. The Bertz CT molecular complexity index is 1270. The summed E-state index contributed by atoms with van der Waals surface area (Å²) in [5, 5.41) is 3.75. The van der Waals surface area contributed by atoms with E-state index in [0.29, 0.717) is 53.1 Å². The minimum atomic E-state index is -0.560. The Kier molecular flexibility index (Phi) is 9.19. The number of hydrogen-bond acceptors (Lipinski definition) is 6. The Hall–Kier alpha value is -3.91. The highest BCUT2D eigenvalue weighted by atomic mass is 35.5. The van der Waals surface area contributed by atoms with Crippen molar-refractivity contribution in [1.82, 2.24) is 5.32 Å². The number of ether oxygens (including phenoxy) is 4. The predicted octanol–water partition coefficient (Wildman–Crippen LogP) is 5.22. The van der Waals surface area contributed by atoms with Crippen molar-refractivity contribution in [2.24, 2.45) is 5.92 Å². The lowest BCUT2D eigenvalue weighted by Crippen LogP contribution is -2.48. The van der Waals surface area contributed by atoms with Gasteiger partial charge in [-0.15, -0.1) is 0 Å². The van der Waals surface area contributed by atoms with Crippen molar-refractivity contribution in [1.29, 1.82) is 0 Å². The van der Waals surface area contributed by atoms with E-state index < -0.39 is 12.0 Å². The van der Waals surface area contributed by atoms with Gasteiger partial charge in [-0.05, 0) is 48.2 Å². The molecule has 4 rings (SSSR count). The van der Waals surface area contributed by atoms with Gasteiger partial charge in [0, 0.05) is 30.1 Å². The molecule has 9 heteroatoms. The van der Waals surface area contributed by atoms with Gasteiger partial charge in [-0.2, -0.15) is 0 Å². The van der Waals surface area contributed by atoms with Crippen molar-refractivity contribution in [2.45, 2.75) is 25.3 Å². The number of methoxy groups -OCH3 is 4. The van der Waals surface area contributed by atoms with E-state index in [1.807, 2.05) is 48.5 Å². The van der Waals surface area contributed by atoms with Crippen LogP contribution in [0.5, 0.6) is 23.0 Å². The second-order valence-corrected chi connectivity index (χ2v) is 9.61. The zero-order valence-corrected chi connectivity index (χ0v) is 23.3. The summed E-state index contributed by atoms with van der Waals surface area (Å²) >= 11 is 5.99. The Morgan fingerprint density at radius 3 is 2.13 bits per heavy atom. The molecule has 3 aromatic rings. The number of piperidine rings is 1. The molecule has 0 aromatic heterocycles. The number of benzene rings is 3. The third kappa shape index (κ3) is 6.23. The molecule has 0 aliphatic carbocycles. The number of nitrogens with zero attached hydrogens (tertiary/aromatic N) is 1. The fourth-order valence-electron chi connectivity index (χ4n) is 4.97. The largest absolute Gasteiger partial charge is 0.497 e. The van der Waals surface area contributed by atoms with Gasteiger partial charge >= 0.3 is 0 Å². The van der Waals surface area contributed by atoms with Crippen LogP contribution in [0.4, 0.5) is 5.69 Å². The van der Waals surface area contributed by atoms with E-state index in [1.165, 1.54) is 21.3 Å². The fraction of sp³-hybridized carbons (Fsp3) is 0.333. The van der Waals surface area contributed by atoms with Crippen molar-refractivity contribution >= 4 is 29.1 Å². The van der Waals surface area contributed by atoms with Gasteiger partial charge in [0.05, 0.1) is 46.1 Å². The average molecular weight is 553 g/mol. The van der Waals surface area contributed by atoms with Gasteiger partial charge < -0.3 is 29.2 Å². The van der Waals surface area contributed by atoms with E-state index in [-0.39, 0.29) is 18.2 Å². The third-order valence-corrected chi connectivity index (χ3v) is 7.20. The topological polar surface area (TPSA) is 86.3 Å². The van der Waals surface area contributed by atoms with Crippen LogP contribution in [0.1, 0.15) is 30.0 Å². The van der Waals surface area contributed by atoms with Gasteiger partial charge in [-0.25, -0.2) is 0 Å². The van der Waals surface area contributed by atoms with Crippen LogP contribution in [-0.2, 0) is 16.0 Å². The summed E-state index contributed by atoms with van der Waals surface area (Å²) in [7, 11) is 6.17. The molecule has 0 unspecified atom stereocenters. The molecule has 8 nitrogen and oxygen atoms in total. The van der Waals surface area contributed by atoms with Crippen LogP contribution in [0, 0.1) is 5.92 Å². The van der Waals surface area contributed by atoms with Gasteiger partial charge in [0.15, 0.2) is 11.5 Å². The molecule has 0 spiro atoms. The highest BCUT2D eigenvalue weighted by Gasteiger charge is 2.42. The Morgan fingerprint density at radius 2 is 1.56 bits per heavy atom. The van der Waals surface area contributed by atoms with Gasteiger partial charge in [0.25, 0.3) is 0 Å². The molecular formula is C30H33ClN2O6. The number of rotatable bonds is 10. The highest BCUT2D eigenvalue weighted by Crippen LogP contribution is 2.46. The van der Waals surface area contributed by atoms with Crippen molar-refractivity contribution in [2.75, 3.05) is 39.9 Å². The maximum atomic E-state index is 13.6. The molecule has 1 saturated heterocycles. The van der Waals surface area contributed by atoms with Gasteiger partial charge in [0.1, 0.15) is 5.75 Å². The predicted molar refractivity (Wildman–Crippen MR) is 150 cm³/mol. The third-order valence-electron chi connectivity index (χ3n) is 6.95. The van der Waals surface area contributed by atoms with Crippen molar-refractivity contribution < 1.29 is 28.5 Å². The second kappa shape index (κ2) is 12.8. The Balaban J connectivity index is 1.69. The Labute approximate surface area is 233 Å². The first kappa shape index (κ1) is 28.1. The van der Waals surface area contributed by atoms with Crippen LogP contribution in [0.15, 0.2) is 60.7 Å².